The maximum Gasteiger partial charge on any atom is 0.335 e. The minimum absolute atomic E-state index is 0.322. The summed E-state index contributed by atoms with van der Waals surface area (Å²) in [6.45, 7) is 7.25. The Balaban J connectivity index is 3.34. The Labute approximate surface area is 83.2 Å². The lowest BCUT2D eigenvalue weighted by atomic mass is 9.98. The van der Waals surface area contributed by atoms with Crippen molar-refractivity contribution < 1.29 is 9.90 Å². The maximum atomic E-state index is 10.9. The van der Waals surface area contributed by atoms with Crippen molar-refractivity contribution in [1.29, 1.82) is 0 Å². The first-order valence-corrected chi connectivity index (χ1v) is 4.29. The van der Waals surface area contributed by atoms with Gasteiger partial charge in [-0.25, -0.2) is 4.79 Å². The van der Waals surface area contributed by atoms with Crippen molar-refractivity contribution in [2.45, 2.75) is 6.42 Å². The van der Waals surface area contributed by atoms with Crippen LogP contribution < -0.4 is 0 Å². The molecule has 1 rings (SSSR count). The Morgan fingerprint density at radius 2 is 2.14 bits per heavy atom. The zero-order chi connectivity index (χ0) is 10.6. The number of aromatic carboxylic acids is 1. The largest absolute Gasteiger partial charge is 0.478 e. The SMILES string of the molecule is C=CCc1c(C=C)cccc1C(=O)O. The summed E-state index contributed by atoms with van der Waals surface area (Å²) in [5, 5.41) is 8.94. The van der Waals surface area contributed by atoms with Crippen molar-refractivity contribution in [3.8, 4) is 0 Å². The summed E-state index contributed by atoms with van der Waals surface area (Å²) in [5.74, 6) is -0.912. The van der Waals surface area contributed by atoms with Gasteiger partial charge in [0, 0.05) is 0 Å². The highest BCUT2D eigenvalue weighted by Gasteiger charge is 2.10. The van der Waals surface area contributed by atoms with Crippen molar-refractivity contribution in [2.24, 2.45) is 0 Å². The number of carbonyl (C=O) groups is 1. The fourth-order valence-electron chi connectivity index (χ4n) is 1.37. The number of carboxylic acid groups (broad SMARTS) is 1. The maximum absolute atomic E-state index is 10.9. The zero-order valence-electron chi connectivity index (χ0n) is 7.86. The van der Waals surface area contributed by atoms with Gasteiger partial charge in [0.1, 0.15) is 0 Å². The highest BCUT2D eigenvalue weighted by atomic mass is 16.4. The summed E-state index contributed by atoms with van der Waals surface area (Å²) in [6, 6.07) is 5.15. The Bertz CT molecular complexity index is 378. The molecule has 1 aromatic rings. The van der Waals surface area contributed by atoms with E-state index in [1.807, 2.05) is 6.07 Å². The molecular formula is C12H12O2. The van der Waals surface area contributed by atoms with Crippen molar-refractivity contribution in [3.63, 3.8) is 0 Å². The fourth-order valence-corrected chi connectivity index (χ4v) is 1.37. The van der Waals surface area contributed by atoms with Crippen LogP contribution in [0.15, 0.2) is 37.4 Å². The van der Waals surface area contributed by atoms with Gasteiger partial charge in [-0.1, -0.05) is 30.9 Å². The van der Waals surface area contributed by atoms with Crippen LogP contribution in [-0.2, 0) is 6.42 Å². The molecule has 14 heavy (non-hydrogen) atoms. The molecule has 1 N–H and O–H groups in total. The Morgan fingerprint density at radius 1 is 1.43 bits per heavy atom. The van der Waals surface area contributed by atoms with Crippen LogP contribution in [0.3, 0.4) is 0 Å². The van der Waals surface area contributed by atoms with E-state index < -0.39 is 5.97 Å². The first kappa shape index (κ1) is 10.3. The van der Waals surface area contributed by atoms with Crippen LogP contribution in [0, 0.1) is 0 Å². The Hall–Kier alpha value is -1.83. The minimum Gasteiger partial charge on any atom is -0.478 e. The number of benzene rings is 1. The lowest BCUT2D eigenvalue weighted by Crippen LogP contribution is -2.03. The van der Waals surface area contributed by atoms with E-state index in [0.717, 1.165) is 11.1 Å². The third-order valence-electron chi connectivity index (χ3n) is 2.01. The molecule has 0 saturated carbocycles. The summed E-state index contributed by atoms with van der Waals surface area (Å²) >= 11 is 0. The second kappa shape index (κ2) is 4.42. The molecule has 0 aliphatic carbocycles. The number of rotatable bonds is 4. The molecule has 1 aromatic carbocycles. The molecule has 0 spiro atoms. The van der Waals surface area contributed by atoms with Gasteiger partial charge in [0.15, 0.2) is 0 Å². The molecule has 0 amide bonds. The third-order valence-corrected chi connectivity index (χ3v) is 2.01. The molecule has 2 nitrogen and oxygen atoms in total. The van der Waals surface area contributed by atoms with Crippen LogP contribution in [0.1, 0.15) is 21.5 Å². The summed E-state index contributed by atoms with van der Waals surface area (Å²) in [5.41, 5.74) is 1.94. The van der Waals surface area contributed by atoms with E-state index >= 15 is 0 Å². The second-order valence-corrected chi connectivity index (χ2v) is 2.88. The fraction of sp³-hybridized carbons (Fsp3) is 0.0833. The van der Waals surface area contributed by atoms with Gasteiger partial charge in [0.25, 0.3) is 0 Å². The Morgan fingerprint density at radius 3 is 2.64 bits per heavy atom. The predicted octanol–water partition coefficient (Wildman–Crippen LogP) is 2.76. The average molecular weight is 188 g/mol. The highest BCUT2D eigenvalue weighted by molar-refractivity contribution is 5.90. The number of hydrogen-bond acceptors (Lipinski definition) is 1. The van der Waals surface area contributed by atoms with E-state index in [9.17, 15) is 4.79 Å². The molecule has 0 heterocycles. The second-order valence-electron chi connectivity index (χ2n) is 2.88. The number of hydrogen-bond donors (Lipinski definition) is 1. The van der Waals surface area contributed by atoms with Gasteiger partial charge in [0.05, 0.1) is 5.56 Å². The molecule has 0 aromatic heterocycles. The van der Waals surface area contributed by atoms with E-state index in [-0.39, 0.29) is 0 Å². The summed E-state index contributed by atoms with van der Waals surface area (Å²) in [7, 11) is 0. The van der Waals surface area contributed by atoms with E-state index in [0.29, 0.717) is 12.0 Å². The van der Waals surface area contributed by atoms with Crippen molar-refractivity contribution in [2.75, 3.05) is 0 Å². The molecule has 0 unspecified atom stereocenters. The summed E-state index contributed by atoms with van der Waals surface area (Å²) < 4.78 is 0. The van der Waals surface area contributed by atoms with Gasteiger partial charge >= 0.3 is 5.97 Å². The molecule has 2 heteroatoms. The van der Waals surface area contributed by atoms with Crippen LogP contribution in [0.5, 0.6) is 0 Å². The van der Waals surface area contributed by atoms with Crippen molar-refractivity contribution >= 4 is 12.0 Å². The third kappa shape index (κ3) is 1.91. The highest BCUT2D eigenvalue weighted by Crippen LogP contribution is 2.17. The van der Waals surface area contributed by atoms with Gasteiger partial charge in [-0.2, -0.15) is 0 Å². The molecular weight excluding hydrogens is 176 g/mol. The molecule has 0 saturated heterocycles. The lowest BCUT2D eigenvalue weighted by molar-refractivity contribution is 0.0696. The monoisotopic (exact) mass is 188 g/mol. The molecule has 0 radical (unpaired) electrons. The van der Waals surface area contributed by atoms with Crippen LogP contribution in [0.2, 0.25) is 0 Å². The molecule has 0 aliphatic heterocycles. The van der Waals surface area contributed by atoms with Crippen LogP contribution in [-0.4, -0.2) is 11.1 Å². The summed E-state index contributed by atoms with van der Waals surface area (Å²) in [6.07, 6.45) is 3.89. The van der Waals surface area contributed by atoms with Crippen molar-refractivity contribution in [3.05, 3.63) is 54.1 Å². The first-order valence-electron chi connectivity index (χ1n) is 4.29. The van der Waals surface area contributed by atoms with E-state index in [1.165, 1.54) is 0 Å². The molecule has 0 aliphatic rings. The van der Waals surface area contributed by atoms with Gasteiger partial charge in [0.2, 0.25) is 0 Å². The van der Waals surface area contributed by atoms with E-state index in [2.05, 4.69) is 13.2 Å². The number of allylic oxidation sites excluding steroid dienone is 1. The lowest BCUT2D eigenvalue weighted by Gasteiger charge is -2.07. The molecule has 0 atom stereocenters. The van der Waals surface area contributed by atoms with E-state index in [4.69, 9.17) is 5.11 Å². The topological polar surface area (TPSA) is 37.3 Å². The van der Waals surface area contributed by atoms with Crippen molar-refractivity contribution in [1.82, 2.24) is 0 Å². The number of carboxylic acids is 1. The molecule has 72 valence electrons. The molecule has 0 bridgehead atoms. The Kier molecular flexibility index (Phi) is 3.24. The standard InChI is InChI=1S/C12H12O2/c1-3-6-10-9(4-2)7-5-8-11(10)12(13)14/h3-5,7-8H,1-2,6H2,(H,13,14). The van der Waals surface area contributed by atoms with Gasteiger partial charge in [-0.05, 0) is 23.6 Å². The quantitative estimate of drug-likeness (QED) is 0.737. The average Bonchev–Trinajstić information content (AvgIpc) is 2.18. The van der Waals surface area contributed by atoms with Crippen LogP contribution >= 0.6 is 0 Å². The molecule has 0 fully saturated rings. The van der Waals surface area contributed by atoms with Gasteiger partial charge in [-0.3, -0.25) is 0 Å². The zero-order valence-corrected chi connectivity index (χ0v) is 7.86. The smallest absolute Gasteiger partial charge is 0.335 e. The van der Waals surface area contributed by atoms with Crippen LogP contribution in [0.4, 0.5) is 0 Å². The normalized spacial score (nSPS) is 9.43. The summed E-state index contributed by atoms with van der Waals surface area (Å²) in [4.78, 5) is 10.9. The minimum atomic E-state index is -0.912. The van der Waals surface area contributed by atoms with Gasteiger partial charge in [-0.15, -0.1) is 6.58 Å². The predicted molar refractivity (Wildman–Crippen MR) is 57.4 cm³/mol. The first-order chi connectivity index (χ1) is 6.70. The van der Waals surface area contributed by atoms with Gasteiger partial charge < -0.3 is 5.11 Å². The van der Waals surface area contributed by atoms with Crippen LogP contribution in [0.25, 0.3) is 6.08 Å². The van der Waals surface area contributed by atoms with E-state index in [1.54, 1.807) is 24.3 Å².